The van der Waals surface area contributed by atoms with Crippen LogP contribution in [0.2, 0.25) is 0 Å². The van der Waals surface area contributed by atoms with Gasteiger partial charge < -0.3 is 10.4 Å². The second-order valence-corrected chi connectivity index (χ2v) is 4.02. The molecule has 2 N–H and O–H groups in total. The van der Waals surface area contributed by atoms with Gasteiger partial charge in [-0.2, -0.15) is 5.26 Å². The van der Waals surface area contributed by atoms with Crippen LogP contribution in [0, 0.1) is 11.3 Å². The molecule has 0 heterocycles. The van der Waals surface area contributed by atoms with Gasteiger partial charge in [0.2, 0.25) is 0 Å². The SMILES string of the molecule is N#Cc1ccc(NC(C(=O)O)c2ccccc2)cc1. The second-order valence-electron chi connectivity index (χ2n) is 4.02. The molecule has 0 bridgehead atoms. The lowest BCUT2D eigenvalue weighted by atomic mass is 10.1. The van der Waals surface area contributed by atoms with E-state index in [2.05, 4.69) is 5.32 Å². The number of nitriles is 1. The molecule has 0 aromatic heterocycles. The molecule has 19 heavy (non-hydrogen) atoms. The number of benzene rings is 2. The van der Waals surface area contributed by atoms with Gasteiger partial charge in [-0.15, -0.1) is 0 Å². The molecular weight excluding hydrogens is 240 g/mol. The predicted octanol–water partition coefficient (Wildman–Crippen LogP) is 2.80. The zero-order chi connectivity index (χ0) is 13.7. The molecule has 0 amide bonds. The Kier molecular flexibility index (Phi) is 3.79. The minimum Gasteiger partial charge on any atom is -0.479 e. The van der Waals surface area contributed by atoms with E-state index >= 15 is 0 Å². The topological polar surface area (TPSA) is 73.1 Å². The summed E-state index contributed by atoms with van der Waals surface area (Å²) in [5.74, 6) is -0.949. The molecule has 4 nitrogen and oxygen atoms in total. The van der Waals surface area contributed by atoms with Crippen molar-refractivity contribution in [1.29, 1.82) is 5.26 Å². The first kappa shape index (κ1) is 12.7. The van der Waals surface area contributed by atoms with Crippen molar-refractivity contribution in [2.24, 2.45) is 0 Å². The fourth-order valence-electron chi connectivity index (χ4n) is 1.74. The molecule has 1 atom stereocenters. The van der Waals surface area contributed by atoms with Crippen LogP contribution in [0.4, 0.5) is 5.69 Å². The lowest BCUT2D eigenvalue weighted by Gasteiger charge is -2.16. The fraction of sp³-hybridized carbons (Fsp3) is 0.0667. The summed E-state index contributed by atoms with van der Waals surface area (Å²) in [5.41, 5.74) is 1.88. The Morgan fingerprint density at radius 2 is 1.74 bits per heavy atom. The molecule has 0 aliphatic heterocycles. The number of hydrogen-bond acceptors (Lipinski definition) is 3. The van der Waals surface area contributed by atoms with Crippen molar-refractivity contribution in [3.8, 4) is 6.07 Å². The molecular formula is C15H12N2O2. The summed E-state index contributed by atoms with van der Waals surface area (Å²) in [4.78, 5) is 11.3. The number of rotatable bonds is 4. The maximum Gasteiger partial charge on any atom is 0.330 e. The molecule has 0 spiro atoms. The fourth-order valence-corrected chi connectivity index (χ4v) is 1.74. The number of aliphatic carboxylic acids is 1. The van der Waals surface area contributed by atoms with Crippen molar-refractivity contribution in [2.45, 2.75) is 6.04 Å². The van der Waals surface area contributed by atoms with Crippen molar-refractivity contribution < 1.29 is 9.90 Å². The minimum atomic E-state index is -0.949. The number of carboxylic acid groups (broad SMARTS) is 1. The van der Waals surface area contributed by atoms with Crippen LogP contribution in [-0.4, -0.2) is 11.1 Å². The summed E-state index contributed by atoms with van der Waals surface area (Å²) in [7, 11) is 0. The molecule has 94 valence electrons. The number of anilines is 1. The third kappa shape index (κ3) is 3.11. The quantitative estimate of drug-likeness (QED) is 0.877. The summed E-state index contributed by atoms with van der Waals surface area (Å²) < 4.78 is 0. The highest BCUT2D eigenvalue weighted by molar-refractivity contribution is 5.79. The molecule has 0 radical (unpaired) electrons. The van der Waals surface area contributed by atoms with Crippen molar-refractivity contribution in [2.75, 3.05) is 5.32 Å². The van der Waals surface area contributed by atoms with Crippen LogP contribution in [0.15, 0.2) is 54.6 Å². The van der Waals surface area contributed by atoms with Gasteiger partial charge in [-0.1, -0.05) is 30.3 Å². The third-order valence-corrected chi connectivity index (χ3v) is 2.70. The molecule has 2 aromatic carbocycles. The summed E-state index contributed by atoms with van der Waals surface area (Å²) in [6, 6.07) is 16.8. The summed E-state index contributed by atoms with van der Waals surface area (Å²) in [5, 5.41) is 20.9. The highest BCUT2D eigenvalue weighted by Gasteiger charge is 2.18. The normalized spacial score (nSPS) is 11.3. The van der Waals surface area contributed by atoms with Crippen molar-refractivity contribution in [1.82, 2.24) is 0 Å². The minimum absolute atomic E-state index is 0.539. The van der Waals surface area contributed by atoms with Gasteiger partial charge in [-0.25, -0.2) is 4.79 Å². The molecule has 0 saturated heterocycles. The van der Waals surface area contributed by atoms with Gasteiger partial charge in [-0.3, -0.25) is 0 Å². The van der Waals surface area contributed by atoms with E-state index in [1.165, 1.54) is 0 Å². The van der Waals surface area contributed by atoms with Gasteiger partial charge in [0.05, 0.1) is 11.6 Å². The molecule has 0 aliphatic rings. The maximum atomic E-state index is 11.3. The first-order chi connectivity index (χ1) is 9.20. The first-order valence-electron chi connectivity index (χ1n) is 5.75. The maximum absolute atomic E-state index is 11.3. The molecule has 2 rings (SSSR count). The van der Waals surface area contributed by atoms with Crippen LogP contribution >= 0.6 is 0 Å². The third-order valence-electron chi connectivity index (χ3n) is 2.70. The molecule has 1 unspecified atom stereocenters. The summed E-state index contributed by atoms with van der Waals surface area (Å²) >= 11 is 0. The van der Waals surface area contributed by atoms with E-state index in [-0.39, 0.29) is 0 Å². The van der Waals surface area contributed by atoms with Gasteiger partial charge in [-0.05, 0) is 29.8 Å². The van der Waals surface area contributed by atoms with Gasteiger partial charge in [0.15, 0.2) is 6.04 Å². The average Bonchev–Trinajstić information content (AvgIpc) is 2.46. The molecule has 0 fully saturated rings. The van der Waals surface area contributed by atoms with Crippen LogP contribution < -0.4 is 5.32 Å². The largest absolute Gasteiger partial charge is 0.479 e. The molecule has 0 saturated carbocycles. The number of hydrogen-bond donors (Lipinski definition) is 2. The zero-order valence-corrected chi connectivity index (χ0v) is 10.1. The van der Waals surface area contributed by atoms with Crippen LogP contribution in [0.5, 0.6) is 0 Å². The van der Waals surface area contributed by atoms with Crippen LogP contribution in [0.3, 0.4) is 0 Å². The standard InChI is InChI=1S/C15H12N2O2/c16-10-11-6-8-13(9-7-11)17-14(15(18)19)12-4-2-1-3-5-12/h1-9,14,17H,(H,18,19). The van der Waals surface area contributed by atoms with E-state index in [1.54, 1.807) is 48.5 Å². The van der Waals surface area contributed by atoms with Gasteiger partial charge >= 0.3 is 5.97 Å². The summed E-state index contributed by atoms with van der Waals surface area (Å²) in [6.45, 7) is 0. The lowest BCUT2D eigenvalue weighted by molar-refractivity contribution is -0.138. The Morgan fingerprint density at radius 3 is 2.26 bits per heavy atom. The van der Waals surface area contributed by atoms with Gasteiger partial charge in [0.1, 0.15) is 0 Å². The van der Waals surface area contributed by atoms with Crippen LogP contribution in [0.25, 0.3) is 0 Å². The monoisotopic (exact) mass is 252 g/mol. The lowest BCUT2D eigenvalue weighted by Crippen LogP contribution is -2.20. The van der Waals surface area contributed by atoms with Crippen LogP contribution in [-0.2, 0) is 4.79 Å². The Hall–Kier alpha value is -2.80. The van der Waals surface area contributed by atoms with E-state index in [9.17, 15) is 9.90 Å². The van der Waals surface area contributed by atoms with E-state index < -0.39 is 12.0 Å². The van der Waals surface area contributed by atoms with Crippen molar-refractivity contribution >= 4 is 11.7 Å². The van der Waals surface area contributed by atoms with E-state index in [0.717, 1.165) is 0 Å². The highest BCUT2D eigenvalue weighted by atomic mass is 16.4. The summed E-state index contributed by atoms with van der Waals surface area (Å²) in [6.07, 6.45) is 0. The predicted molar refractivity (Wildman–Crippen MR) is 71.6 cm³/mol. The van der Waals surface area contributed by atoms with Gasteiger partial charge in [0.25, 0.3) is 0 Å². The van der Waals surface area contributed by atoms with Crippen molar-refractivity contribution in [3.05, 3.63) is 65.7 Å². The van der Waals surface area contributed by atoms with Crippen LogP contribution in [0.1, 0.15) is 17.2 Å². The Bertz CT molecular complexity index is 600. The van der Waals surface area contributed by atoms with E-state index in [1.807, 2.05) is 12.1 Å². The zero-order valence-electron chi connectivity index (χ0n) is 10.1. The Labute approximate surface area is 110 Å². The van der Waals surface area contributed by atoms with E-state index in [4.69, 9.17) is 5.26 Å². The highest BCUT2D eigenvalue weighted by Crippen LogP contribution is 2.20. The number of nitrogens with one attached hydrogen (secondary N) is 1. The Morgan fingerprint density at radius 1 is 1.11 bits per heavy atom. The molecule has 0 aliphatic carbocycles. The van der Waals surface area contributed by atoms with Crippen molar-refractivity contribution in [3.63, 3.8) is 0 Å². The molecule has 4 heteroatoms. The average molecular weight is 252 g/mol. The van der Waals surface area contributed by atoms with E-state index in [0.29, 0.717) is 16.8 Å². The second kappa shape index (κ2) is 5.69. The first-order valence-corrected chi connectivity index (χ1v) is 5.75. The smallest absolute Gasteiger partial charge is 0.330 e. The number of carboxylic acids is 1. The van der Waals surface area contributed by atoms with Gasteiger partial charge in [0, 0.05) is 5.69 Å². The Balaban J connectivity index is 2.22. The molecule has 2 aromatic rings. The number of carbonyl (C=O) groups is 1. The number of nitrogens with zero attached hydrogens (tertiary/aromatic N) is 1.